The monoisotopic (exact) mass is 446 g/mol. The van der Waals surface area contributed by atoms with Crippen LogP contribution in [-0.2, 0) is 4.79 Å². The van der Waals surface area contributed by atoms with Crippen molar-refractivity contribution in [2.75, 3.05) is 10.6 Å². The van der Waals surface area contributed by atoms with Crippen molar-refractivity contribution in [3.05, 3.63) is 89.5 Å². The third-order valence-corrected chi connectivity index (χ3v) is 5.42. The smallest absolute Gasteiger partial charge is 0.323 e. The van der Waals surface area contributed by atoms with Gasteiger partial charge in [-0.1, -0.05) is 67.9 Å². The summed E-state index contributed by atoms with van der Waals surface area (Å²) >= 11 is 0. The van der Waals surface area contributed by atoms with E-state index in [-0.39, 0.29) is 18.4 Å². The van der Waals surface area contributed by atoms with E-state index in [2.05, 4.69) is 10.6 Å². The van der Waals surface area contributed by atoms with Crippen LogP contribution in [0.4, 0.5) is 16.2 Å². The van der Waals surface area contributed by atoms with Gasteiger partial charge in [0.2, 0.25) is 0 Å². The highest BCUT2D eigenvalue weighted by Gasteiger charge is 2.18. The predicted molar refractivity (Wildman–Crippen MR) is 131 cm³/mol. The lowest BCUT2D eigenvalue weighted by Crippen LogP contribution is -2.20. The van der Waals surface area contributed by atoms with Crippen molar-refractivity contribution >= 4 is 23.4 Å². The minimum Gasteiger partial charge on any atom is -0.484 e. The maximum Gasteiger partial charge on any atom is 0.323 e. The first-order chi connectivity index (χ1) is 15.9. The van der Waals surface area contributed by atoms with Gasteiger partial charge in [-0.3, -0.25) is 4.79 Å². The highest BCUT2D eigenvalue weighted by Crippen LogP contribution is 2.34. The summed E-state index contributed by atoms with van der Waals surface area (Å²) in [5.41, 5.74) is 4.11. The molecule has 0 bridgehead atoms. The number of hydrogen-bond donors (Lipinski definition) is 3. The molecule has 0 saturated heterocycles. The molecular weight excluding hydrogens is 416 g/mol. The van der Waals surface area contributed by atoms with E-state index in [1.54, 1.807) is 12.1 Å². The highest BCUT2D eigenvalue weighted by molar-refractivity contribution is 6.00. The Hall–Kier alpha value is -3.80. The van der Waals surface area contributed by atoms with E-state index in [4.69, 9.17) is 4.74 Å². The highest BCUT2D eigenvalue weighted by atomic mass is 16.5. The molecule has 6 nitrogen and oxygen atoms in total. The molecule has 172 valence electrons. The molecule has 33 heavy (non-hydrogen) atoms. The summed E-state index contributed by atoms with van der Waals surface area (Å²) in [5, 5.41) is 14.9. The van der Waals surface area contributed by atoms with E-state index in [0.29, 0.717) is 17.1 Å². The van der Waals surface area contributed by atoms with Crippen LogP contribution < -0.4 is 15.4 Å². The lowest BCUT2D eigenvalue weighted by molar-refractivity contribution is -0.137. The molecule has 0 saturated carbocycles. The van der Waals surface area contributed by atoms with Gasteiger partial charge in [-0.15, -0.1) is 0 Å². The van der Waals surface area contributed by atoms with Crippen LogP contribution in [0.5, 0.6) is 5.75 Å². The maximum absolute atomic E-state index is 12.7. The van der Waals surface area contributed by atoms with Crippen molar-refractivity contribution < 1.29 is 19.4 Å². The molecule has 0 fully saturated rings. The molecule has 3 rings (SSSR count). The summed E-state index contributed by atoms with van der Waals surface area (Å²) < 4.78 is 6.30. The molecule has 0 aliphatic carbocycles. The number of aliphatic carboxylic acids is 1. The van der Waals surface area contributed by atoms with Gasteiger partial charge in [0.1, 0.15) is 11.9 Å². The molecule has 2 unspecified atom stereocenters. The molecule has 2 amide bonds. The molecule has 0 aliphatic heterocycles. The third-order valence-electron chi connectivity index (χ3n) is 5.42. The Balaban J connectivity index is 1.86. The summed E-state index contributed by atoms with van der Waals surface area (Å²) in [7, 11) is 0. The van der Waals surface area contributed by atoms with Gasteiger partial charge >= 0.3 is 12.0 Å². The maximum atomic E-state index is 12.7. The van der Waals surface area contributed by atoms with Crippen LogP contribution in [0.25, 0.3) is 0 Å². The lowest BCUT2D eigenvalue weighted by atomic mass is 9.97. The van der Waals surface area contributed by atoms with Gasteiger partial charge in [0, 0.05) is 5.69 Å². The molecule has 3 aromatic rings. The third kappa shape index (κ3) is 6.84. The molecule has 2 atom stereocenters. The van der Waals surface area contributed by atoms with Crippen LogP contribution in [0.3, 0.4) is 0 Å². The largest absolute Gasteiger partial charge is 0.484 e. The average Bonchev–Trinajstić information content (AvgIpc) is 2.79. The number of carbonyl (C=O) groups excluding carboxylic acids is 1. The minimum atomic E-state index is -0.871. The molecular formula is C27H30N2O4. The predicted octanol–water partition coefficient (Wildman–Crippen LogP) is 6.75. The molecule has 3 N–H and O–H groups in total. The van der Waals surface area contributed by atoms with Gasteiger partial charge in [-0.2, -0.15) is 0 Å². The summed E-state index contributed by atoms with van der Waals surface area (Å²) in [6.45, 7) is 5.87. The zero-order valence-electron chi connectivity index (χ0n) is 19.2. The van der Waals surface area contributed by atoms with E-state index in [1.807, 2.05) is 81.4 Å². The first-order valence-electron chi connectivity index (χ1n) is 11.1. The number of anilines is 2. The zero-order chi connectivity index (χ0) is 23.8. The first-order valence-corrected chi connectivity index (χ1v) is 11.1. The molecule has 0 heterocycles. The van der Waals surface area contributed by atoms with Gasteiger partial charge < -0.3 is 20.5 Å². The summed E-state index contributed by atoms with van der Waals surface area (Å²) in [4.78, 5) is 23.9. The van der Waals surface area contributed by atoms with Gasteiger partial charge in [-0.25, -0.2) is 4.79 Å². The zero-order valence-corrected chi connectivity index (χ0v) is 19.2. The van der Waals surface area contributed by atoms with Crippen LogP contribution >= 0.6 is 0 Å². The van der Waals surface area contributed by atoms with Gasteiger partial charge in [0.05, 0.1) is 12.1 Å². The van der Waals surface area contributed by atoms with Crippen LogP contribution in [0, 0.1) is 6.92 Å². The van der Waals surface area contributed by atoms with Crippen molar-refractivity contribution in [1.82, 2.24) is 0 Å². The fourth-order valence-corrected chi connectivity index (χ4v) is 3.56. The van der Waals surface area contributed by atoms with Gasteiger partial charge in [0.25, 0.3) is 0 Å². The Morgan fingerprint density at radius 1 is 0.939 bits per heavy atom. The SMILES string of the molecule is CCC(Oc1ccc(C(C)CC(=O)O)cc1NC(=O)Nc1ccc(C)cc1)c1ccccc1. The first kappa shape index (κ1) is 23.9. The van der Waals surface area contributed by atoms with E-state index in [9.17, 15) is 14.7 Å². The Labute approximate surface area is 194 Å². The van der Waals surface area contributed by atoms with Crippen molar-refractivity contribution in [3.63, 3.8) is 0 Å². The molecule has 0 aliphatic rings. The summed E-state index contributed by atoms with van der Waals surface area (Å²) in [6, 6.07) is 22.4. The number of benzene rings is 3. The average molecular weight is 447 g/mol. The lowest BCUT2D eigenvalue weighted by Gasteiger charge is -2.22. The molecule has 0 radical (unpaired) electrons. The number of carboxylic acids is 1. The van der Waals surface area contributed by atoms with E-state index in [0.717, 1.165) is 23.1 Å². The number of carboxylic acid groups (broad SMARTS) is 1. The number of ether oxygens (including phenoxy) is 1. The second-order valence-corrected chi connectivity index (χ2v) is 8.13. The number of hydrogen-bond acceptors (Lipinski definition) is 3. The molecule has 6 heteroatoms. The standard InChI is InChI=1S/C27H30N2O4/c1-4-24(20-8-6-5-7-9-20)33-25-15-12-21(19(3)16-26(30)31)17-23(25)29-27(32)28-22-13-10-18(2)11-14-22/h5-15,17,19,24H,4,16H2,1-3H3,(H,30,31)(H2,28,29,32). The van der Waals surface area contributed by atoms with Crippen molar-refractivity contribution in [2.24, 2.45) is 0 Å². The number of nitrogens with one attached hydrogen (secondary N) is 2. The summed E-state index contributed by atoms with van der Waals surface area (Å²) in [6.07, 6.45) is 0.557. The van der Waals surface area contributed by atoms with Crippen LogP contribution in [0.15, 0.2) is 72.8 Å². The van der Waals surface area contributed by atoms with Crippen LogP contribution in [0.2, 0.25) is 0 Å². The Bertz CT molecular complexity index is 1080. The Kier molecular flexibility index (Phi) is 8.08. The van der Waals surface area contributed by atoms with Crippen LogP contribution in [-0.4, -0.2) is 17.1 Å². The number of urea groups is 1. The second kappa shape index (κ2) is 11.2. The van der Waals surface area contributed by atoms with Crippen molar-refractivity contribution in [2.45, 2.75) is 45.6 Å². The van der Waals surface area contributed by atoms with Crippen LogP contribution in [0.1, 0.15) is 55.4 Å². The minimum absolute atomic E-state index is 0.00317. The Morgan fingerprint density at radius 2 is 1.64 bits per heavy atom. The molecule has 0 aromatic heterocycles. The fourth-order valence-electron chi connectivity index (χ4n) is 3.56. The fraction of sp³-hybridized carbons (Fsp3) is 0.259. The molecule has 3 aromatic carbocycles. The Morgan fingerprint density at radius 3 is 2.27 bits per heavy atom. The van der Waals surface area contributed by atoms with Crippen molar-refractivity contribution in [1.29, 1.82) is 0 Å². The summed E-state index contributed by atoms with van der Waals surface area (Å²) in [5.74, 6) is -0.561. The van der Waals surface area contributed by atoms with E-state index in [1.165, 1.54) is 0 Å². The van der Waals surface area contributed by atoms with Gasteiger partial charge in [-0.05, 0) is 54.7 Å². The topological polar surface area (TPSA) is 87.7 Å². The van der Waals surface area contributed by atoms with Gasteiger partial charge in [0.15, 0.2) is 0 Å². The normalized spacial score (nSPS) is 12.5. The number of rotatable bonds is 9. The number of aryl methyl sites for hydroxylation is 1. The van der Waals surface area contributed by atoms with Crippen molar-refractivity contribution in [3.8, 4) is 5.75 Å². The quantitative estimate of drug-likeness (QED) is 0.339. The molecule has 0 spiro atoms. The second-order valence-electron chi connectivity index (χ2n) is 8.13. The van der Waals surface area contributed by atoms with E-state index < -0.39 is 12.0 Å². The number of amides is 2. The van der Waals surface area contributed by atoms with E-state index >= 15 is 0 Å². The number of carbonyl (C=O) groups is 2.